The second-order valence-corrected chi connectivity index (χ2v) is 5.42. The Bertz CT molecular complexity index is 620. The molecule has 0 aliphatic heterocycles. The van der Waals surface area contributed by atoms with Crippen LogP contribution in [-0.2, 0) is 6.54 Å². The van der Waals surface area contributed by atoms with Crippen LogP contribution in [-0.4, -0.2) is 26.1 Å². The van der Waals surface area contributed by atoms with E-state index in [1.165, 1.54) is 19.3 Å². The lowest BCUT2D eigenvalue weighted by molar-refractivity contribution is 0.0698. The molecule has 5 nitrogen and oxygen atoms in total. The van der Waals surface area contributed by atoms with Gasteiger partial charge in [0, 0.05) is 6.54 Å². The first-order valence-electron chi connectivity index (χ1n) is 6.72. The van der Waals surface area contributed by atoms with Crippen LogP contribution in [0.1, 0.15) is 36.5 Å². The van der Waals surface area contributed by atoms with Gasteiger partial charge in [0.1, 0.15) is 11.0 Å². The predicted molar refractivity (Wildman–Crippen MR) is 71.0 cm³/mol. The summed E-state index contributed by atoms with van der Waals surface area (Å²) < 4.78 is 1.77. The van der Waals surface area contributed by atoms with Crippen molar-refractivity contribution in [2.75, 3.05) is 0 Å². The number of aromatic carboxylic acids is 1. The van der Waals surface area contributed by atoms with Crippen LogP contribution in [0.3, 0.4) is 0 Å². The molecule has 2 aromatic rings. The highest BCUT2D eigenvalue weighted by atomic mass is 16.4. The summed E-state index contributed by atoms with van der Waals surface area (Å²) >= 11 is 0. The van der Waals surface area contributed by atoms with E-state index in [0.29, 0.717) is 22.9 Å². The number of fused-ring (bicyclic) bond motifs is 1. The standard InChI is InChI=1S/C14H17N3O2/c1-9-4-2-5-10(9)8-17-13-11(14(18)19)6-3-7-12(13)15-16-17/h3,6-7,9-10H,2,4-5,8H2,1H3,(H,18,19). The smallest absolute Gasteiger partial charge is 0.337 e. The zero-order valence-electron chi connectivity index (χ0n) is 10.9. The molecule has 1 N–H and O–H groups in total. The SMILES string of the molecule is CC1CCCC1Cn1nnc2cccc(C(=O)O)c21. The lowest BCUT2D eigenvalue weighted by atomic mass is 9.98. The maximum absolute atomic E-state index is 11.3. The molecule has 1 fully saturated rings. The Kier molecular flexibility index (Phi) is 2.97. The van der Waals surface area contributed by atoms with E-state index in [9.17, 15) is 9.90 Å². The van der Waals surface area contributed by atoms with Crippen molar-refractivity contribution in [3.8, 4) is 0 Å². The highest BCUT2D eigenvalue weighted by Gasteiger charge is 2.25. The number of benzene rings is 1. The third-order valence-corrected chi connectivity index (χ3v) is 4.21. The molecule has 0 amide bonds. The molecule has 19 heavy (non-hydrogen) atoms. The minimum Gasteiger partial charge on any atom is -0.478 e. The van der Waals surface area contributed by atoms with E-state index in [1.807, 2.05) is 6.07 Å². The molecule has 0 saturated heterocycles. The maximum Gasteiger partial charge on any atom is 0.337 e. The molecule has 1 heterocycles. The maximum atomic E-state index is 11.3. The van der Waals surface area contributed by atoms with E-state index in [1.54, 1.807) is 16.8 Å². The Hall–Kier alpha value is -1.91. The highest BCUT2D eigenvalue weighted by Crippen LogP contribution is 2.33. The zero-order chi connectivity index (χ0) is 13.4. The van der Waals surface area contributed by atoms with Gasteiger partial charge in [-0.1, -0.05) is 31.0 Å². The molecule has 0 bridgehead atoms. The largest absolute Gasteiger partial charge is 0.478 e. The van der Waals surface area contributed by atoms with Crippen LogP contribution in [0.15, 0.2) is 18.2 Å². The van der Waals surface area contributed by atoms with Gasteiger partial charge in [-0.3, -0.25) is 0 Å². The third-order valence-electron chi connectivity index (χ3n) is 4.21. The van der Waals surface area contributed by atoms with Crippen molar-refractivity contribution in [1.82, 2.24) is 15.0 Å². The quantitative estimate of drug-likeness (QED) is 0.919. The Balaban J connectivity index is 2.01. The number of hydrogen-bond donors (Lipinski definition) is 1. The first-order valence-corrected chi connectivity index (χ1v) is 6.72. The summed E-state index contributed by atoms with van der Waals surface area (Å²) in [4.78, 5) is 11.3. The monoisotopic (exact) mass is 259 g/mol. The summed E-state index contributed by atoms with van der Waals surface area (Å²) in [6.07, 6.45) is 3.70. The molecule has 5 heteroatoms. The second-order valence-electron chi connectivity index (χ2n) is 5.42. The van der Waals surface area contributed by atoms with E-state index >= 15 is 0 Å². The van der Waals surface area contributed by atoms with Gasteiger partial charge in [-0.2, -0.15) is 0 Å². The first-order chi connectivity index (χ1) is 9.16. The molecule has 0 spiro atoms. The van der Waals surface area contributed by atoms with Gasteiger partial charge in [0.2, 0.25) is 0 Å². The van der Waals surface area contributed by atoms with Crippen LogP contribution in [0.5, 0.6) is 0 Å². The van der Waals surface area contributed by atoms with Gasteiger partial charge >= 0.3 is 5.97 Å². The summed E-state index contributed by atoms with van der Waals surface area (Å²) in [5, 5.41) is 17.5. The minimum absolute atomic E-state index is 0.285. The summed E-state index contributed by atoms with van der Waals surface area (Å²) in [5.41, 5.74) is 1.59. The number of nitrogens with zero attached hydrogens (tertiary/aromatic N) is 3. The number of carboxylic acid groups (broad SMARTS) is 1. The average Bonchev–Trinajstić information content (AvgIpc) is 2.97. The fourth-order valence-corrected chi connectivity index (χ4v) is 3.05. The molecular weight excluding hydrogens is 242 g/mol. The van der Waals surface area contributed by atoms with E-state index < -0.39 is 5.97 Å². The van der Waals surface area contributed by atoms with Gasteiger partial charge in [-0.15, -0.1) is 5.10 Å². The summed E-state index contributed by atoms with van der Waals surface area (Å²) in [7, 11) is 0. The van der Waals surface area contributed by atoms with E-state index in [-0.39, 0.29) is 5.56 Å². The van der Waals surface area contributed by atoms with Crippen molar-refractivity contribution < 1.29 is 9.90 Å². The second kappa shape index (κ2) is 4.64. The van der Waals surface area contributed by atoms with Crippen molar-refractivity contribution in [2.24, 2.45) is 11.8 Å². The van der Waals surface area contributed by atoms with Gasteiger partial charge < -0.3 is 5.11 Å². The summed E-state index contributed by atoms with van der Waals surface area (Å²) in [6, 6.07) is 5.13. The van der Waals surface area contributed by atoms with Crippen molar-refractivity contribution >= 4 is 17.0 Å². The lowest BCUT2D eigenvalue weighted by Gasteiger charge is -2.15. The first kappa shape index (κ1) is 12.1. The van der Waals surface area contributed by atoms with Crippen molar-refractivity contribution in [3.05, 3.63) is 23.8 Å². The van der Waals surface area contributed by atoms with Crippen LogP contribution in [0.4, 0.5) is 0 Å². The molecule has 1 aromatic heterocycles. The molecule has 2 atom stereocenters. The van der Waals surface area contributed by atoms with Gasteiger partial charge in [-0.25, -0.2) is 9.48 Å². The molecule has 3 rings (SSSR count). The number of rotatable bonds is 3. The summed E-state index contributed by atoms with van der Waals surface area (Å²) in [5.74, 6) is 0.330. The normalized spacial score (nSPS) is 23.0. The van der Waals surface area contributed by atoms with Crippen molar-refractivity contribution in [1.29, 1.82) is 0 Å². The fourth-order valence-electron chi connectivity index (χ4n) is 3.05. The minimum atomic E-state index is -0.923. The van der Waals surface area contributed by atoms with E-state index in [4.69, 9.17) is 0 Å². The molecule has 0 radical (unpaired) electrons. The number of carboxylic acids is 1. The molecular formula is C14H17N3O2. The zero-order valence-corrected chi connectivity index (χ0v) is 10.9. The van der Waals surface area contributed by atoms with Gasteiger partial charge in [0.25, 0.3) is 0 Å². The van der Waals surface area contributed by atoms with Gasteiger partial charge in [-0.05, 0) is 30.4 Å². The average molecular weight is 259 g/mol. The topological polar surface area (TPSA) is 68.0 Å². The van der Waals surface area contributed by atoms with E-state index in [0.717, 1.165) is 6.54 Å². The predicted octanol–water partition coefficient (Wildman–Crippen LogP) is 2.57. The van der Waals surface area contributed by atoms with Gasteiger partial charge in [0.15, 0.2) is 0 Å². The Labute approximate surface area is 111 Å². The molecule has 1 aromatic carbocycles. The summed E-state index contributed by atoms with van der Waals surface area (Å²) in [6.45, 7) is 3.02. The molecule has 1 aliphatic carbocycles. The van der Waals surface area contributed by atoms with Crippen LogP contribution >= 0.6 is 0 Å². The Morgan fingerprint density at radius 2 is 2.32 bits per heavy atom. The van der Waals surface area contributed by atoms with Crippen molar-refractivity contribution in [3.63, 3.8) is 0 Å². The molecule has 1 aliphatic rings. The van der Waals surface area contributed by atoms with Crippen LogP contribution in [0.2, 0.25) is 0 Å². The number of hydrogen-bond acceptors (Lipinski definition) is 3. The molecule has 1 saturated carbocycles. The van der Waals surface area contributed by atoms with Crippen molar-refractivity contribution in [2.45, 2.75) is 32.7 Å². The van der Waals surface area contributed by atoms with Gasteiger partial charge in [0.05, 0.1) is 5.56 Å². The highest BCUT2D eigenvalue weighted by molar-refractivity contribution is 6.00. The van der Waals surface area contributed by atoms with E-state index in [2.05, 4.69) is 17.2 Å². The fraction of sp³-hybridized carbons (Fsp3) is 0.500. The number of aromatic nitrogens is 3. The van der Waals surface area contributed by atoms with Crippen LogP contribution in [0, 0.1) is 11.8 Å². The third kappa shape index (κ3) is 2.09. The molecule has 100 valence electrons. The molecule has 2 unspecified atom stereocenters. The number of para-hydroxylation sites is 1. The van der Waals surface area contributed by atoms with Crippen LogP contribution < -0.4 is 0 Å². The lowest BCUT2D eigenvalue weighted by Crippen LogP contribution is -2.15. The number of carbonyl (C=O) groups is 1. The Morgan fingerprint density at radius 1 is 1.47 bits per heavy atom. The van der Waals surface area contributed by atoms with Crippen LogP contribution in [0.25, 0.3) is 11.0 Å². The Morgan fingerprint density at radius 3 is 3.00 bits per heavy atom.